The molecule has 2 heterocycles. The normalized spacial score (nSPS) is 21.8. The van der Waals surface area contributed by atoms with Crippen molar-refractivity contribution in [1.82, 2.24) is 0 Å². The number of carbonyl (C=O) groups is 2. The second-order valence-corrected chi connectivity index (χ2v) is 7.54. The summed E-state index contributed by atoms with van der Waals surface area (Å²) in [6.07, 6.45) is 5.05. The summed E-state index contributed by atoms with van der Waals surface area (Å²) in [5.41, 5.74) is 1.81. The number of anilines is 3. The Bertz CT molecular complexity index is 1000. The molecule has 6 heteroatoms. The van der Waals surface area contributed by atoms with Crippen LogP contribution >= 0.6 is 0 Å². The highest BCUT2D eigenvalue weighted by Gasteiger charge is 2.49. The van der Waals surface area contributed by atoms with Gasteiger partial charge in [0.15, 0.2) is 5.60 Å². The van der Waals surface area contributed by atoms with E-state index in [0.29, 0.717) is 36.2 Å². The highest BCUT2D eigenvalue weighted by Crippen LogP contribution is 2.45. The van der Waals surface area contributed by atoms with Crippen molar-refractivity contribution in [2.24, 2.45) is 5.92 Å². The first kappa shape index (κ1) is 19.4. The molecule has 2 atom stereocenters. The number of carbonyl (C=O) groups excluding carboxylic acids is 2. The van der Waals surface area contributed by atoms with Crippen molar-refractivity contribution in [2.75, 3.05) is 16.8 Å². The summed E-state index contributed by atoms with van der Waals surface area (Å²) in [6, 6.07) is 13.0. The van der Waals surface area contributed by atoms with Crippen LogP contribution in [-0.2, 0) is 21.6 Å². The van der Waals surface area contributed by atoms with E-state index >= 15 is 0 Å². The topological polar surface area (TPSA) is 89.9 Å². The van der Waals surface area contributed by atoms with Gasteiger partial charge >= 0.3 is 0 Å². The highest BCUT2D eigenvalue weighted by molar-refractivity contribution is 6.07. The van der Waals surface area contributed by atoms with Gasteiger partial charge in [0.25, 0.3) is 5.91 Å². The van der Waals surface area contributed by atoms with Crippen molar-refractivity contribution in [3.8, 4) is 0 Å². The number of hydrogen-bond donors (Lipinski definition) is 3. The van der Waals surface area contributed by atoms with Gasteiger partial charge in [0, 0.05) is 35.9 Å². The standard InChI is InChI=1S/C23H24N2O4/c1-15(6-4-5-13-26)23(29)18-14-17(10-11-19(18)24-22(23)28)25-20-8-3-2-7-16(20)9-12-21(25)27/h2-4,6-8,10-11,14-15,26,29H,5,9,12-13H2,1H3,(H,24,28)/b6-4+/t15-,23+/m1/s1. The van der Waals surface area contributed by atoms with Crippen LogP contribution in [0, 0.1) is 5.92 Å². The molecule has 0 bridgehead atoms. The lowest BCUT2D eigenvalue weighted by Crippen LogP contribution is -2.40. The first-order valence-electron chi connectivity index (χ1n) is 9.83. The number of benzene rings is 2. The number of rotatable bonds is 5. The molecule has 0 fully saturated rings. The minimum atomic E-state index is -1.74. The lowest BCUT2D eigenvalue weighted by Gasteiger charge is -2.31. The second-order valence-electron chi connectivity index (χ2n) is 7.54. The lowest BCUT2D eigenvalue weighted by atomic mass is 9.82. The largest absolute Gasteiger partial charge is 0.396 e. The first-order valence-corrected chi connectivity index (χ1v) is 9.83. The lowest BCUT2D eigenvalue weighted by molar-refractivity contribution is -0.137. The van der Waals surface area contributed by atoms with Crippen molar-refractivity contribution in [1.29, 1.82) is 0 Å². The van der Waals surface area contributed by atoms with Gasteiger partial charge in [0.2, 0.25) is 5.91 Å². The summed E-state index contributed by atoms with van der Waals surface area (Å²) in [7, 11) is 0. The summed E-state index contributed by atoms with van der Waals surface area (Å²) in [6.45, 7) is 1.77. The van der Waals surface area contributed by atoms with E-state index in [1.165, 1.54) is 0 Å². The minimum absolute atomic E-state index is 0.00502. The number of aryl methyl sites for hydroxylation is 1. The average Bonchev–Trinajstić information content (AvgIpc) is 2.99. The second kappa shape index (κ2) is 7.46. The van der Waals surface area contributed by atoms with Crippen LogP contribution in [0.25, 0.3) is 0 Å². The average molecular weight is 392 g/mol. The summed E-state index contributed by atoms with van der Waals surface area (Å²) < 4.78 is 0. The fourth-order valence-electron chi connectivity index (χ4n) is 4.11. The van der Waals surface area contributed by atoms with Crippen molar-refractivity contribution >= 4 is 28.9 Å². The molecule has 3 N–H and O–H groups in total. The third-order valence-electron chi connectivity index (χ3n) is 5.74. The third kappa shape index (κ3) is 3.14. The minimum Gasteiger partial charge on any atom is -0.396 e. The molecule has 2 aromatic rings. The van der Waals surface area contributed by atoms with Gasteiger partial charge in [0.1, 0.15) is 0 Å². The molecule has 0 aromatic heterocycles. The zero-order chi connectivity index (χ0) is 20.6. The van der Waals surface area contributed by atoms with Gasteiger partial charge < -0.3 is 15.5 Å². The molecular formula is C23H24N2O4. The fourth-order valence-corrected chi connectivity index (χ4v) is 4.11. The van der Waals surface area contributed by atoms with E-state index in [0.717, 1.165) is 11.3 Å². The molecule has 0 saturated carbocycles. The molecule has 0 saturated heterocycles. The molecule has 2 aromatic carbocycles. The van der Waals surface area contributed by atoms with E-state index in [1.54, 1.807) is 42.2 Å². The monoisotopic (exact) mass is 392 g/mol. The van der Waals surface area contributed by atoms with Crippen molar-refractivity contribution in [3.05, 3.63) is 65.7 Å². The number of para-hydroxylation sites is 1. The number of nitrogens with one attached hydrogen (secondary N) is 1. The molecule has 4 rings (SSSR count). The van der Waals surface area contributed by atoms with E-state index < -0.39 is 17.4 Å². The summed E-state index contributed by atoms with van der Waals surface area (Å²) in [5, 5.41) is 23.1. The maximum Gasteiger partial charge on any atom is 0.261 e. The van der Waals surface area contributed by atoms with Crippen LogP contribution in [0.4, 0.5) is 17.1 Å². The molecule has 150 valence electrons. The Morgan fingerprint density at radius 2 is 2.00 bits per heavy atom. The molecule has 0 spiro atoms. The van der Waals surface area contributed by atoms with Crippen LogP contribution in [0.2, 0.25) is 0 Å². The van der Waals surface area contributed by atoms with E-state index in [4.69, 9.17) is 5.11 Å². The van der Waals surface area contributed by atoms with Gasteiger partial charge in [-0.2, -0.15) is 0 Å². The van der Waals surface area contributed by atoms with Crippen LogP contribution in [0.3, 0.4) is 0 Å². The first-order chi connectivity index (χ1) is 14.0. The molecule has 2 amide bonds. The molecule has 0 aliphatic carbocycles. The van der Waals surface area contributed by atoms with Gasteiger partial charge in [-0.3, -0.25) is 14.5 Å². The number of fused-ring (bicyclic) bond motifs is 2. The summed E-state index contributed by atoms with van der Waals surface area (Å²) in [4.78, 5) is 27.1. The zero-order valence-corrected chi connectivity index (χ0v) is 16.3. The summed E-state index contributed by atoms with van der Waals surface area (Å²) in [5.74, 6) is -1.01. The smallest absolute Gasteiger partial charge is 0.261 e. The fraction of sp³-hybridized carbons (Fsp3) is 0.304. The number of aliphatic hydroxyl groups is 2. The zero-order valence-electron chi connectivity index (χ0n) is 16.3. The van der Waals surface area contributed by atoms with E-state index in [-0.39, 0.29) is 12.5 Å². The summed E-state index contributed by atoms with van der Waals surface area (Å²) >= 11 is 0. The predicted molar refractivity (Wildman–Crippen MR) is 111 cm³/mol. The molecular weight excluding hydrogens is 368 g/mol. The molecule has 0 radical (unpaired) electrons. The van der Waals surface area contributed by atoms with Crippen LogP contribution in [0.5, 0.6) is 0 Å². The van der Waals surface area contributed by atoms with Crippen molar-refractivity contribution in [3.63, 3.8) is 0 Å². The number of nitrogens with zero attached hydrogens (tertiary/aromatic N) is 1. The van der Waals surface area contributed by atoms with Crippen molar-refractivity contribution in [2.45, 2.75) is 31.8 Å². The molecule has 2 aliphatic heterocycles. The number of hydrogen-bond acceptors (Lipinski definition) is 4. The van der Waals surface area contributed by atoms with Crippen LogP contribution in [-0.4, -0.2) is 28.6 Å². The molecule has 29 heavy (non-hydrogen) atoms. The molecule has 0 unspecified atom stereocenters. The quantitative estimate of drug-likeness (QED) is 0.683. The third-order valence-corrected chi connectivity index (χ3v) is 5.74. The Kier molecular flexibility index (Phi) is 4.98. The van der Waals surface area contributed by atoms with Gasteiger partial charge in [-0.15, -0.1) is 0 Å². The van der Waals surface area contributed by atoms with E-state index in [9.17, 15) is 14.7 Å². The predicted octanol–water partition coefficient (Wildman–Crippen LogP) is 3.01. The number of amides is 2. The Morgan fingerprint density at radius 1 is 1.21 bits per heavy atom. The Hall–Kier alpha value is -2.96. The maximum absolute atomic E-state index is 12.7. The maximum atomic E-state index is 12.7. The van der Waals surface area contributed by atoms with Gasteiger partial charge in [-0.1, -0.05) is 37.3 Å². The molecule has 2 aliphatic rings. The van der Waals surface area contributed by atoms with Gasteiger partial charge in [-0.25, -0.2) is 0 Å². The van der Waals surface area contributed by atoms with Gasteiger partial charge in [0.05, 0.1) is 5.69 Å². The van der Waals surface area contributed by atoms with E-state index in [1.807, 2.05) is 24.3 Å². The van der Waals surface area contributed by atoms with Crippen molar-refractivity contribution < 1.29 is 19.8 Å². The number of aliphatic hydroxyl groups excluding tert-OH is 1. The Labute approximate surface area is 169 Å². The van der Waals surface area contributed by atoms with Crippen LogP contribution in [0.1, 0.15) is 30.9 Å². The highest BCUT2D eigenvalue weighted by atomic mass is 16.3. The Balaban J connectivity index is 1.77. The van der Waals surface area contributed by atoms with Crippen LogP contribution in [0.15, 0.2) is 54.6 Å². The molecule has 6 nitrogen and oxygen atoms in total. The van der Waals surface area contributed by atoms with Crippen LogP contribution < -0.4 is 10.2 Å². The van der Waals surface area contributed by atoms with E-state index in [2.05, 4.69) is 5.32 Å². The van der Waals surface area contributed by atoms with Gasteiger partial charge in [-0.05, 0) is 42.7 Å². The SMILES string of the molecule is C[C@H](/C=C/CCO)[C@@]1(O)C(=O)Nc2ccc(N3C(=O)CCc4ccccc43)cc21. The Morgan fingerprint density at radius 3 is 2.79 bits per heavy atom.